The van der Waals surface area contributed by atoms with Gasteiger partial charge in [0.15, 0.2) is 0 Å². The van der Waals surface area contributed by atoms with Gasteiger partial charge in [-0.25, -0.2) is 0 Å². The van der Waals surface area contributed by atoms with Crippen LogP contribution in [0.3, 0.4) is 0 Å². The topological polar surface area (TPSA) is 61.3 Å². The average molecular weight is 144 g/mol. The lowest BCUT2D eigenvalue weighted by atomic mass is 9.96. The van der Waals surface area contributed by atoms with Crippen LogP contribution >= 0.6 is 0 Å². The van der Waals surface area contributed by atoms with Gasteiger partial charge in [0.05, 0.1) is 12.1 Å². The molecule has 0 aliphatic heterocycles. The fourth-order valence-electron chi connectivity index (χ4n) is 1.27. The molecule has 60 valence electrons. The molecule has 10 heavy (non-hydrogen) atoms. The van der Waals surface area contributed by atoms with Gasteiger partial charge in [-0.15, -0.1) is 0 Å². The first-order valence-electron chi connectivity index (χ1n) is 3.71. The predicted octanol–water partition coefficient (Wildman–Crippen LogP) is -0.301. The van der Waals surface area contributed by atoms with Gasteiger partial charge >= 0.3 is 0 Å². The predicted molar refractivity (Wildman–Crippen MR) is 40.6 cm³/mol. The Bertz CT molecular complexity index is 114. The number of ether oxygens (including phenoxy) is 1. The second kappa shape index (κ2) is 2.86. The largest absolute Gasteiger partial charge is 0.383 e. The van der Waals surface area contributed by atoms with Crippen molar-refractivity contribution in [3.8, 4) is 0 Å². The summed E-state index contributed by atoms with van der Waals surface area (Å²) in [5, 5.41) is 0. The Morgan fingerprint density at radius 1 is 1.60 bits per heavy atom. The minimum atomic E-state index is -0.241. The van der Waals surface area contributed by atoms with E-state index in [9.17, 15) is 0 Å². The van der Waals surface area contributed by atoms with Gasteiger partial charge in [0, 0.05) is 13.7 Å². The smallest absolute Gasteiger partial charge is 0.0657 e. The molecule has 3 nitrogen and oxygen atoms in total. The van der Waals surface area contributed by atoms with Crippen LogP contribution in [-0.2, 0) is 4.74 Å². The van der Waals surface area contributed by atoms with Gasteiger partial charge in [-0.3, -0.25) is 0 Å². The Kier molecular flexibility index (Phi) is 2.28. The summed E-state index contributed by atoms with van der Waals surface area (Å²) in [6.07, 6.45) is 2.44. The van der Waals surface area contributed by atoms with Gasteiger partial charge in [-0.1, -0.05) is 0 Å². The summed E-state index contributed by atoms with van der Waals surface area (Å²) < 4.78 is 4.99. The lowest BCUT2D eigenvalue weighted by molar-refractivity contribution is 0.124. The Balaban J connectivity index is 2.39. The Morgan fingerprint density at radius 3 is 2.50 bits per heavy atom. The van der Waals surface area contributed by atoms with Crippen LogP contribution < -0.4 is 11.5 Å². The van der Waals surface area contributed by atoms with Crippen LogP contribution in [-0.4, -0.2) is 25.8 Å². The summed E-state index contributed by atoms with van der Waals surface area (Å²) in [7, 11) is 1.67. The van der Waals surface area contributed by atoms with Crippen molar-refractivity contribution in [2.75, 3.05) is 20.3 Å². The second-order valence-electron chi connectivity index (χ2n) is 3.14. The van der Waals surface area contributed by atoms with Gasteiger partial charge < -0.3 is 16.2 Å². The number of hydrogen-bond donors (Lipinski definition) is 2. The monoisotopic (exact) mass is 144 g/mol. The van der Waals surface area contributed by atoms with E-state index in [0.717, 1.165) is 0 Å². The molecule has 0 aromatic heterocycles. The molecule has 1 atom stereocenters. The van der Waals surface area contributed by atoms with Crippen LogP contribution in [0.15, 0.2) is 0 Å². The standard InChI is InChI=1S/C7H16N2O/c1-10-5-7(9,4-8)6-2-3-6/h6H,2-5,8-9H2,1H3. The number of hydrogen-bond acceptors (Lipinski definition) is 3. The molecule has 0 aromatic rings. The highest BCUT2D eigenvalue weighted by Gasteiger charge is 2.40. The van der Waals surface area contributed by atoms with E-state index >= 15 is 0 Å². The Hall–Kier alpha value is -0.120. The van der Waals surface area contributed by atoms with Crippen molar-refractivity contribution >= 4 is 0 Å². The van der Waals surface area contributed by atoms with Crippen molar-refractivity contribution in [2.45, 2.75) is 18.4 Å². The fraction of sp³-hybridized carbons (Fsp3) is 1.00. The van der Waals surface area contributed by atoms with E-state index in [1.54, 1.807) is 7.11 Å². The average Bonchev–Trinajstić information content (AvgIpc) is 2.69. The first-order chi connectivity index (χ1) is 4.73. The molecule has 0 aromatic carbocycles. The lowest BCUT2D eigenvalue weighted by Crippen LogP contribution is -2.52. The SMILES string of the molecule is COCC(N)(CN)C1CC1. The van der Waals surface area contributed by atoms with E-state index in [1.807, 2.05) is 0 Å². The van der Waals surface area contributed by atoms with Crippen molar-refractivity contribution in [3.05, 3.63) is 0 Å². The second-order valence-corrected chi connectivity index (χ2v) is 3.14. The minimum absolute atomic E-state index is 0.241. The first kappa shape index (κ1) is 7.98. The van der Waals surface area contributed by atoms with E-state index in [2.05, 4.69) is 0 Å². The fourth-order valence-corrected chi connectivity index (χ4v) is 1.27. The third kappa shape index (κ3) is 1.48. The number of methoxy groups -OCH3 is 1. The van der Waals surface area contributed by atoms with Crippen molar-refractivity contribution in [1.82, 2.24) is 0 Å². The molecule has 3 heteroatoms. The van der Waals surface area contributed by atoms with E-state index in [4.69, 9.17) is 16.2 Å². The normalized spacial score (nSPS) is 24.3. The Morgan fingerprint density at radius 2 is 2.20 bits per heavy atom. The zero-order valence-corrected chi connectivity index (χ0v) is 6.47. The van der Waals surface area contributed by atoms with Crippen LogP contribution in [0.5, 0.6) is 0 Å². The molecular weight excluding hydrogens is 128 g/mol. The molecule has 1 aliphatic rings. The molecule has 4 N–H and O–H groups in total. The first-order valence-corrected chi connectivity index (χ1v) is 3.71. The molecule has 0 bridgehead atoms. The van der Waals surface area contributed by atoms with Crippen molar-refractivity contribution in [2.24, 2.45) is 17.4 Å². The van der Waals surface area contributed by atoms with Crippen molar-refractivity contribution in [3.63, 3.8) is 0 Å². The van der Waals surface area contributed by atoms with Gasteiger partial charge in [0.2, 0.25) is 0 Å². The van der Waals surface area contributed by atoms with Gasteiger partial charge in [0.25, 0.3) is 0 Å². The third-order valence-electron chi connectivity index (χ3n) is 2.18. The van der Waals surface area contributed by atoms with E-state index in [-0.39, 0.29) is 5.54 Å². The summed E-state index contributed by atoms with van der Waals surface area (Å²) in [5.41, 5.74) is 11.3. The molecule has 0 amide bonds. The highest BCUT2D eigenvalue weighted by Crippen LogP contribution is 2.37. The molecule has 0 saturated heterocycles. The van der Waals surface area contributed by atoms with Crippen LogP contribution in [0.1, 0.15) is 12.8 Å². The summed E-state index contributed by atoms with van der Waals surface area (Å²) in [4.78, 5) is 0. The lowest BCUT2D eigenvalue weighted by Gasteiger charge is -2.26. The summed E-state index contributed by atoms with van der Waals surface area (Å²) in [6, 6.07) is 0. The highest BCUT2D eigenvalue weighted by atomic mass is 16.5. The quantitative estimate of drug-likeness (QED) is 0.569. The molecule has 1 unspecified atom stereocenters. The maximum absolute atomic E-state index is 5.96. The van der Waals surface area contributed by atoms with Crippen LogP contribution in [0.2, 0.25) is 0 Å². The molecule has 1 aliphatic carbocycles. The zero-order valence-electron chi connectivity index (χ0n) is 6.47. The van der Waals surface area contributed by atoms with E-state index in [0.29, 0.717) is 19.1 Å². The van der Waals surface area contributed by atoms with Crippen molar-refractivity contribution in [1.29, 1.82) is 0 Å². The molecule has 1 rings (SSSR count). The molecule has 1 saturated carbocycles. The highest BCUT2D eigenvalue weighted by molar-refractivity contribution is 4.99. The summed E-state index contributed by atoms with van der Waals surface area (Å²) in [5.74, 6) is 0.609. The molecule has 0 heterocycles. The van der Waals surface area contributed by atoms with E-state index < -0.39 is 0 Å². The molecule has 1 fully saturated rings. The van der Waals surface area contributed by atoms with Crippen LogP contribution in [0, 0.1) is 5.92 Å². The third-order valence-corrected chi connectivity index (χ3v) is 2.18. The molecule has 0 spiro atoms. The van der Waals surface area contributed by atoms with Gasteiger partial charge in [-0.05, 0) is 18.8 Å². The molecule has 0 radical (unpaired) electrons. The molecular formula is C7H16N2O. The number of rotatable bonds is 4. The van der Waals surface area contributed by atoms with Crippen LogP contribution in [0.4, 0.5) is 0 Å². The maximum Gasteiger partial charge on any atom is 0.0657 e. The number of nitrogens with two attached hydrogens (primary N) is 2. The van der Waals surface area contributed by atoms with E-state index in [1.165, 1.54) is 12.8 Å². The van der Waals surface area contributed by atoms with Gasteiger partial charge in [-0.2, -0.15) is 0 Å². The summed E-state index contributed by atoms with van der Waals surface area (Å²) >= 11 is 0. The van der Waals surface area contributed by atoms with Gasteiger partial charge in [0.1, 0.15) is 0 Å². The Labute approximate surface area is 61.7 Å². The summed E-state index contributed by atoms with van der Waals surface area (Å²) in [6.45, 7) is 1.12. The van der Waals surface area contributed by atoms with Crippen LogP contribution in [0.25, 0.3) is 0 Å². The minimum Gasteiger partial charge on any atom is -0.383 e. The van der Waals surface area contributed by atoms with Crippen molar-refractivity contribution < 1.29 is 4.74 Å². The zero-order chi connectivity index (χ0) is 7.61. The maximum atomic E-state index is 5.96.